The second kappa shape index (κ2) is 15.9. The van der Waals surface area contributed by atoms with Gasteiger partial charge in [-0.2, -0.15) is 0 Å². The number of carbonyl (C=O) groups is 4. The summed E-state index contributed by atoms with van der Waals surface area (Å²) in [6.07, 6.45) is 3.53. The Balaban J connectivity index is 0.000000166. The first-order valence-electron chi connectivity index (χ1n) is 15.9. The maximum absolute atomic E-state index is 11.9. The maximum atomic E-state index is 11.9. The van der Waals surface area contributed by atoms with Crippen LogP contribution in [0.4, 0.5) is 21.9 Å². The number of carbonyl (C=O) groups excluding carboxylic acids is 4. The highest BCUT2D eigenvalue weighted by molar-refractivity contribution is 5.97. The Morgan fingerprint density at radius 2 is 1.51 bits per heavy atom. The highest BCUT2D eigenvalue weighted by atomic mass is 16.6. The van der Waals surface area contributed by atoms with E-state index in [-0.39, 0.29) is 30.5 Å². The van der Waals surface area contributed by atoms with Gasteiger partial charge < -0.3 is 29.1 Å². The van der Waals surface area contributed by atoms with Crippen molar-refractivity contribution < 1.29 is 38.5 Å². The number of hydrogen-bond donors (Lipinski definition) is 1. The molecule has 2 fully saturated rings. The lowest BCUT2D eigenvalue weighted by Gasteiger charge is -2.18. The van der Waals surface area contributed by atoms with Crippen LogP contribution in [0.2, 0.25) is 0 Å². The van der Waals surface area contributed by atoms with Gasteiger partial charge in [0, 0.05) is 49.4 Å². The topological polar surface area (TPSA) is 129 Å². The van der Waals surface area contributed by atoms with E-state index in [0.29, 0.717) is 39.0 Å². The fraction of sp³-hybridized carbons (Fsp3) is 0.529. The normalized spacial score (nSPS) is 19.0. The van der Waals surface area contributed by atoms with E-state index in [9.17, 15) is 19.2 Å². The largest absolute Gasteiger partial charge is 0.463 e. The lowest BCUT2D eigenvalue weighted by atomic mass is 10.1. The second-order valence-electron chi connectivity index (χ2n) is 11.4. The van der Waals surface area contributed by atoms with Crippen LogP contribution in [0.15, 0.2) is 36.4 Å². The van der Waals surface area contributed by atoms with E-state index in [2.05, 4.69) is 25.1 Å². The Labute approximate surface area is 265 Å². The number of aryl methyl sites for hydroxylation is 1. The van der Waals surface area contributed by atoms with Gasteiger partial charge >= 0.3 is 12.1 Å². The Bertz CT molecular complexity index is 1380. The van der Waals surface area contributed by atoms with Crippen LogP contribution in [0.3, 0.4) is 0 Å². The van der Waals surface area contributed by atoms with Gasteiger partial charge in [-0.25, -0.2) is 4.79 Å². The lowest BCUT2D eigenvalue weighted by Crippen LogP contribution is -2.28. The standard InChI is InChI=1S/C15H18N2O4.C12H15NO.C7H12O3/c1-2-14(19)16-6-5-10-7-11(3-4-13(10)16)17-8-12(9-18)21-15(17)20;1-3-12(14)13-7-6-10-8-9(2)4-5-11(10)13;1-2-3-7(8)10-5-6-4-9-6/h3-4,7,12,18H,2,5-6,8-9H2,1H3;4-5,8H,3,6-7H2,1-2H3;6H,2-5H2,1H3/t12-;;6-/m1.1/s1. The number of aliphatic hydroxyl groups excluding tert-OH is 1. The summed E-state index contributed by atoms with van der Waals surface area (Å²) in [5, 5.41) is 9.08. The van der Waals surface area contributed by atoms with Crippen LogP contribution in [0.5, 0.6) is 0 Å². The molecule has 2 aromatic rings. The summed E-state index contributed by atoms with van der Waals surface area (Å²) in [4.78, 5) is 51.1. The number of fused-ring (bicyclic) bond motifs is 2. The molecule has 2 saturated heterocycles. The van der Waals surface area contributed by atoms with E-state index < -0.39 is 12.2 Å². The highest BCUT2D eigenvalue weighted by Crippen LogP contribution is 2.33. The van der Waals surface area contributed by atoms with Crippen molar-refractivity contribution in [2.75, 3.05) is 54.2 Å². The minimum atomic E-state index is -0.469. The zero-order valence-electron chi connectivity index (χ0n) is 26.8. The van der Waals surface area contributed by atoms with E-state index >= 15 is 0 Å². The highest BCUT2D eigenvalue weighted by Gasteiger charge is 2.33. The molecule has 0 radical (unpaired) electrons. The van der Waals surface area contributed by atoms with Gasteiger partial charge in [-0.05, 0) is 61.6 Å². The molecule has 2 atom stereocenters. The summed E-state index contributed by atoms with van der Waals surface area (Å²) < 4.78 is 14.7. The first-order valence-corrected chi connectivity index (χ1v) is 15.9. The third-order valence-corrected chi connectivity index (χ3v) is 7.97. The van der Waals surface area contributed by atoms with Crippen molar-refractivity contribution in [2.45, 2.75) is 78.4 Å². The van der Waals surface area contributed by atoms with Crippen molar-refractivity contribution in [3.63, 3.8) is 0 Å². The van der Waals surface area contributed by atoms with Gasteiger partial charge in [-0.1, -0.05) is 38.5 Å². The number of amides is 3. The average Bonchev–Trinajstić information content (AvgIpc) is 3.44. The number of epoxide rings is 1. The summed E-state index contributed by atoms with van der Waals surface area (Å²) in [5.41, 5.74) is 6.44. The molecular weight excluding hydrogens is 578 g/mol. The van der Waals surface area contributed by atoms with E-state index in [0.717, 1.165) is 55.0 Å². The van der Waals surface area contributed by atoms with Gasteiger partial charge in [0.25, 0.3) is 0 Å². The minimum Gasteiger partial charge on any atom is -0.463 e. The Morgan fingerprint density at radius 3 is 2.04 bits per heavy atom. The number of rotatable bonds is 8. The molecule has 45 heavy (non-hydrogen) atoms. The van der Waals surface area contributed by atoms with E-state index in [1.165, 1.54) is 16.0 Å². The van der Waals surface area contributed by atoms with Crippen LogP contribution >= 0.6 is 0 Å². The van der Waals surface area contributed by atoms with Crippen molar-refractivity contribution >= 4 is 40.9 Å². The zero-order valence-corrected chi connectivity index (χ0v) is 26.8. The summed E-state index contributed by atoms with van der Waals surface area (Å²) in [5.74, 6) is 0.230. The Hall–Kier alpha value is -3.96. The van der Waals surface area contributed by atoms with Crippen LogP contribution in [0.25, 0.3) is 0 Å². The fourth-order valence-electron chi connectivity index (χ4n) is 5.44. The van der Waals surface area contributed by atoms with Gasteiger partial charge in [0.05, 0.1) is 19.8 Å². The fourth-order valence-corrected chi connectivity index (χ4v) is 5.44. The van der Waals surface area contributed by atoms with Crippen molar-refractivity contribution in [3.05, 3.63) is 53.1 Å². The molecule has 0 spiro atoms. The van der Waals surface area contributed by atoms with Crippen molar-refractivity contribution in [3.8, 4) is 0 Å². The van der Waals surface area contributed by atoms with Gasteiger partial charge in [0.2, 0.25) is 11.8 Å². The van der Waals surface area contributed by atoms with E-state index in [1.54, 1.807) is 4.90 Å². The third-order valence-electron chi connectivity index (χ3n) is 7.97. The molecule has 1 N–H and O–H groups in total. The van der Waals surface area contributed by atoms with Crippen molar-refractivity contribution in [1.82, 2.24) is 0 Å². The third kappa shape index (κ3) is 8.82. The molecule has 0 bridgehead atoms. The van der Waals surface area contributed by atoms with Crippen molar-refractivity contribution in [2.24, 2.45) is 0 Å². The molecule has 0 aromatic heterocycles. The molecule has 0 unspecified atom stereocenters. The lowest BCUT2D eigenvalue weighted by molar-refractivity contribution is -0.144. The first-order chi connectivity index (χ1) is 21.7. The quantitative estimate of drug-likeness (QED) is 0.340. The molecular formula is C34H45N3O8. The number of cyclic esters (lactones) is 1. The predicted molar refractivity (Wildman–Crippen MR) is 171 cm³/mol. The Morgan fingerprint density at radius 1 is 0.911 bits per heavy atom. The molecule has 3 amide bonds. The number of benzene rings is 2. The van der Waals surface area contributed by atoms with Crippen LogP contribution in [0.1, 0.15) is 63.1 Å². The summed E-state index contributed by atoms with van der Waals surface area (Å²) in [6, 6.07) is 11.9. The van der Waals surface area contributed by atoms with Crippen LogP contribution in [-0.2, 0) is 41.4 Å². The molecule has 4 heterocycles. The molecule has 11 nitrogen and oxygen atoms in total. The van der Waals surface area contributed by atoms with E-state index in [4.69, 9.17) is 19.3 Å². The number of hydrogen-bond acceptors (Lipinski definition) is 8. The number of aliphatic hydroxyl groups is 1. The molecule has 0 aliphatic carbocycles. The zero-order chi connectivity index (χ0) is 32.5. The van der Waals surface area contributed by atoms with Crippen molar-refractivity contribution in [1.29, 1.82) is 0 Å². The van der Waals surface area contributed by atoms with Crippen LogP contribution < -0.4 is 14.7 Å². The summed E-state index contributed by atoms with van der Waals surface area (Å²) in [7, 11) is 0. The number of esters is 1. The maximum Gasteiger partial charge on any atom is 0.414 e. The van der Waals surface area contributed by atoms with Gasteiger partial charge in [0.15, 0.2) is 0 Å². The molecule has 2 aromatic carbocycles. The van der Waals surface area contributed by atoms with Crippen LogP contribution in [0, 0.1) is 6.92 Å². The first kappa shape index (κ1) is 33.9. The molecule has 244 valence electrons. The molecule has 6 rings (SSSR count). The van der Waals surface area contributed by atoms with Gasteiger partial charge in [-0.3, -0.25) is 19.3 Å². The number of anilines is 3. The molecule has 11 heteroatoms. The monoisotopic (exact) mass is 623 g/mol. The summed E-state index contributed by atoms with van der Waals surface area (Å²) in [6.45, 7) is 10.7. The molecule has 4 aliphatic heterocycles. The Kier molecular flexibility index (Phi) is 12.0. The van der Waals surface area contributed by atoms with Crippen LogP contribution in [-0.4, -0.2) is 80.6 Å². The van der Waals surface area contributed by atoms with Gasteiger partial charge in [-0.15, -0.1) is 0 Å². The number of nitrogens with zero attached hydrogens (tertiary/aromatic N) is 3. The second-order valence-corrected chi connectivity index (χ2v) is 11.4. The molecule has 0 saturated carbocycles. The SMILES string of the molecule is CCC(=O)N1CCc2cc(C)ccc21.CCC(=O)N1CCc2cc(N3C[C@H](CO)OC3=O)ccc21.CCCC(=O)OC[C@H]1CO1. The predicted octanol–water partition coefficient (Wildman–Crippen LogP) is 4.33. The number of ether oxygens (including phenoxy) is 3. The van der Waals surface area contributed by atoms with E-state index in [1.807, 2.05) is 43.9 Å². The summed E-state index contributed by atoms with van der Waals surface area (Å²) >= 11 is 0. The average molecular weight is 624 g/mol. The minimum absolute atomic E-state index is 0.113. The smallest absolute Gasteiger partial charge is 0.414 e. The molecule has 4 aliphatic rings. The van der Waals surface area contributed by atoms with Gasteiger partial charge in [0.1, 0.15) is 18.8 Å².